The number of nitrogens with zero attached hydrogens (tertiary/aromatic N) is 2. The van der Waals surface area contributed by atoms with E-state index in [-0.39, 0.29) is 18.2 Å². The molecule has 2 N–H and O–H groups in total. The first kappa shape index (κ1) is 20.6. The lowest BCUT2D eigenvalue weighted by Crippen LogP contribution is -2.28. The molecule has 3 rings (SSSR count). The Labute approximate surface area is 170 Å². The van der Waals surface area contributed by atoms with E-state index in [4.69, 9.17) is 0 Å². The van der Waals surface area contributed by atoms with Crippen LogP contribution >= 0.6 is 11.8 Å². The van der Waals surface area contributed by atoms with E-state index in [2.05, 4.69) is 27.8 Å². The fourth-order valence-electron chi connectivity index (χ4n) is 3.52. The van der Waals surface area contributed by atoms with E-state index in [1.165, 1.54) is 49.4 Å². The van der Waals surface area contributed by atoms with Crippen molar-refractivity contribution in [3.8, 4) is 0 Å². The molecule has 2 aliphatic rings. The largest absolute Gasteiger partial charge is 0.326 e. The molecule has 7 heteroatoms. The van der Waals surface area contributed by atoms with E-state index in [1.54, 1.807) is 0 Å². The Bertz CT molecular complexity index is 767. The Morgan fingerprint density at radius 2 is 1.93 bits per heavy atom. The second-order valence-corrected chi connectivity index (χ2v) is 8.57. The highest BCUT2D eigenvalue weighted by Crippen LogP contribution is 2.26. The monoisotopic (exact) mass is 400 g/mol. The number of benzene rings is 1. The molecule has 150 valence electrons. The SMILES string of the molecule is CCc1ccc(NC(=O)C[C@@H]2SC(=NN=C(C)C3CCCCC3)NC2=O)cc1. The number of anilines is 1. The third-order valence-corrected chi connectivity index (χ3v) is 6.36. The molecule has 1 saturated heterocycles. The third kappa shape index (κ3) is 5.67. The number of hydrogen-bond donors (Lipinski definition) is 2. The molecule has 0 spiro atoms. The first-order chi connectivity index (χ1) is 13.5. The van der Waals surface area contributed by atoms with Gasteiger partial charge in [-0.05, 0) is 49.8 Å². The van der Waals surface area contributed by atoms with Gasteiger partial charge in [0.1, 0.15) is 5.25 Å². The van der Waals surface area contributed by atoms with Gasteiger partial charge in [0.05, 0.1) is 0 Å². The van der Waals surface area contributed by atoms with Crippen molar-refractivity contribution in [2.45, 2.75) is 64.0 Å². The molecule has 1 atom stereocenters. The fraction of sp³-hybridized carbons (Fsp3) is 0.524. The second kappa shape index (κ2) is 9.87. The summed E-state index contributed by atoms with van der Waals surface area (Å²) in [6.07, 6.45) is 7.20. The Morgan fingerprint density at radius 3 is 2.61 bits per heavy atom. The van der Waals surface area contributed by atoms with Crippen molar-refractivity contribution in [1.29, 1.82) is 0 Å². The zero-order chi connectivity index (χ0) is 19.9. The topological polar surface area (TPSA) is 82.9 Å². The molecule has 0 aromatic heterocycles. The minimum Gasteiger partial charge on any atom is -0.326 e. The summed E-state index contributed by atoms with van der Waals surface area (Å²) >= 11 is 1.27. The number of carbonyl (C=O) groups is 2. The van der Waals surface area contributed by atoms with Gasteiger partial charge in [-0.15, -0.1) is 5.10 Å². The summed E-state index contributed by atoms with van der Waals surface area (Å²) in [7, 11) is 0. The highest BCUT2D eigenvalue weighted by atomic mass is 32.2. The number of amidine groups is 1. The average molecular weight is 401 g/mol. The van der Waals surface area contributed by atoms with Gasteiger partial charge in [-0.2, -0.15) is 5.10 Å². The van der Waals surface area contributed by atoms with E-state index < -0.39 is 5.25 Å². The van der Waals surface area contributed by atoms with Crippen LogP contribution < -0.4 is 10.6 Å². The van der Waals surface area contributed by atoms with Crippen molar-refractivity contribution in [3.05, 3.63) is 29.8 Å². The van der Waals surface area contributed by atoms with Crippen LogP contribution in [0.4, 0.5) is 5.69 Å². The number of rotatable bonds is 6. The van der Waals surface area contributed by atoms with Gasteiger partial charge in [0.25, 0.3) is 0 Å². The highest BCUT2D eigenvalue weighted by molar-refractivity contribution is 8.15. The first-order valence-electron chi connectivity index (χ1n) is 10.0. The molecular weight excluding hydrogens is 372 g/mol. The van der Waals surface area contributed by atoms with E-state index in [0.717, 1.165) is 17.8 Å². The van der Waals surface area contributed by atoms with Crippen molar-refractivity contribution < 1.29 is 9.59 Å². The molecule has 0 radical (unpaired) electrons. The van der Waals surface area contributed by atoms with Crippen LogP contribution in [0.1, 0.15) is 57.9 Å². The molecule has 1 saturated carbocycles. The van der Waals surface area contributed by atoms with Gasteiger partial charge in [0.2, 0.25) is 11.8 Å². The fourth-order valence-corrected chi connectivity index (χ4v) is 4.43. The summed E-state index contributed by atoms with van der Waals surface area (Å²) < 4.78 is 0. The molecule has 28 heavy (non-hydrogen) atoms. The molecule has 2 amide bonds. The molecule has 0 bridgehead atoms. The molecule has 1 heterocycles. The normalized spacial score (nSPS) is 22.4. The second-order valence-electron chi connectivity index (χ2n) is 7.38. The number of carbonyl (C=O) groups excluding carboxylic acids is 2. The first-order valence-corrected chi connectivity index (χ1v) is 10.9. The van der Waals surface area contributed by atoms with Gasteiger partial charge < -0.3 is 10.6 Å². The van der Waals surface area contributed by atoms with Gasteiger partial charge in [0.15, 0.2) is 5.17 Å². The summed E-state index contributed by atoms with van der Waals surface area (Å²) in [6, 6.07) is 7.75. The summed E-state index contributed by atoms with van der Waals surface area (Å²) in [5, 5.41) is 14.1. The minimum atomic E-state index is -0.473. The predicted molar refractivity (Wildman–Crippen MR) is 116 cm³/mol. The average Bonchev–Trinajstić information content (AvgIpc) is 3.06. The summed E-state index contributed by atoms with van der Waals surface area (Å²) in [5.41, 5.74) is 2.99. The van der Waals surface area contributed by atoms with Crippen LogP contribution in [-0.4, -0.2) is 27.9 Å². The smallest absolute Gasteiger partial charge is 0.240 e. The zero-order valence-electron chi connectivity index (χ0n) is 16.5. The maximum atomic E-state index is 12.3. The molecule has 2 fully saturated rings. The van der Waals surface area contributed by atoms with Gasteiger partial charge in [-0.3, -0.25) is 9.59 Å². The van der Waals surface area contributed by atoms with E-state index >= 15 is 0 Å². The van der Waals surface area contributed by atoms with Crippen molar-refractivity contribution in [1.82, 2.24) is 5.32 Å². The lowest BCUT2D eigenvalue weighted by Gasteiger charge is -2.20. The van der Waals surface area contributed by atoms with Crippen molar-refractivity contribution >= 4 is 40.1 Å². The molecule has 1 aliphatic carbocycles. The molecule has 1 aromatic carbocycles. The standard InChI is InChI=1S/C21H28N4O2S/c1-3-15-9-11-17(12-10-15)22-19(26)13-18-20(27)23-21(28-18)25-24-14(2)16-7-5-4-6-8-16/h9-12,16,18H,3-8,13H2,1-2H3,(H,22,26)(H,23,25,27)/t18-/m0/s1. The Morgan fingerprint density at radius 1 is 1.21 bits per heavy atom. The Kier molecular flexibility index (Phi) is 7.25. The molecule has 1 aromatic rings. The predicted octanol–water partition coefficient (Wildman–Crippen LogP) is 4.12. The number of aryl methyl sites for hydroxylation is 1. The maximum absolute atomic E-state index is 12.3. The lowest BCUT2D eigenvalue weighted by atomic mass is 9.86. The van der Waals surface area contributed by atoms with Gasteiger partial charge in [-0.25, -0.2) is 0 Å². The quantitative estimate of drug-likeness (QED) is 0.556. The Balaban J connectivity index is 1.52. The number of amides is 2. The van der Waals surface area contributed by atoms with Crippen molar-refractivity contribution in [2.75, 3.05) is 5.32 Å². The Hall–Kier alpha value is -2.15. The molecule has 6 nitrogen and oxygen atoms in total. The number of nitrogens with one attached hydrogen (secondary N) is 2. The minimum absolute atomic E-state index is 0.108. The van der Waals surface area contributed by atoms with Crippen LogP contribution in [-0.2, 0) is 16.0 Å². The van der Waals surface area contributed by atoms with Crippen molar-refractivity contribution in [3.63, 3.8) is 0 Å². The summed E-state index contributed by atoms with van der Waals surface area (Å²) in [6.45, 7) is 4.10. The van der Waals surface area contributed by atoms with Gasteiger partial charge >= 0.3 is 0 Å². The van der Waals surface area contributed by atoms with Crippen LogP contribution in [0.25, 0.3) is 0 Å². The molecule has 0 unspecified atom stereocenters. The van der Waals surface area contributed by atoms with Crippen LogP contribution in [0, 0.1) is 5.92 Å². The lowest BCUT2D eigenvalue weighted by molar-refractivity contribution is -0.122. The van der Waals surface area contributed by atoms with Crippen LogP contribution in [0.15, 0.2) is 34.5 Å². The maximum Gasteiger partial charge on any atom is 0.240 e. The van der Waals surface area contributed by atoms with E-state index in [9.17, 15) is 9.59 Å². The highest BCUT2D eigenvalue weighted by Gasteiger charge is 2.32. The third-order valence-electron chi connectivity index (χ3n) is 5.29. The van der Waals surface area contributed by atoms with Crippen LogP contribution in [0.3, 0.4) is 0 Å². The van der Waals surface area contributed by atoms with E-state index in [1.807, 2.05) is 31.2 Å². The van der Waals surface area contributed by atoms with Gasteiger partial charge in [0, 0.05) is 17.8 Å². The van der Waals surface area contributed by atoms with Crippen LogP contribution in [0.2, 0.25) is 0 Å². The van der Waals surface area contributed by atoms with Gasteiger partial charge in [-0.1, -0.05) is 50.1 Å². The number of thioether (sulfide) groups is 1. The zero-order valence-corrected chi connectivity index (χ0v) is 17.3. The summed E-state index contributed by atoms with van der Waals surface area (Å²) in [5.74, 6) is 0.131. The summed E-state index contributed by atoms with van der Waals surface area (Å²) in [4.78, 5) is 24.4. The number of hydrogen-bond acceptors (Lipinski definition) is 5. The van der Waals surface area contributed by atoms with Crippen molar-refractivity contribution in [2.24, 2.45) is 16.1 Å². The molecule has 1 aliphatic heterocycles. The molecular formula is C21H28N4O2S. The van der Waals surface area contributed by atoms with Crippen LogP contribution in [0.5, 0.6) is 0 Å². The van der Waals surface area contributed by atoms with E-state index in [0.29, 0.717) is 11.1 Å².